The Hall–Kier alpha value is -3.28. The van der Waals surface area contributed by atoms with Gasteiger partial charge in [0.2, 0.25) is 11.6 Å². The Labute approximate surface area is 179 Å². The summed E-state index contributed by atoms with van der Waals surface area (Å²) in [4.78, 5) is 4.28. The maximum Gasteiger partial charge on any atom is 0.238 e. The molecule has 0 N–H and O–H groups in total. The summed E-state index contributed by atoms with van der Waals surface area (Å²) in [5.74, 6) is 0.846. The minimum atomic E-state index is -3.69. The Morgan fingerprint density at radius 1 is 1.03 bits per heavy atom. The topological polar surface area (TPSA) is 98.5 Å². The summed E-state index contributed by atoms with van der Waals surface area (Å²) in [6, 6.07) is 14.7. The van der Waals surface area contributed by atoms with Gasteiger partial charge in [-0.05, 0) is 30.3 Å². The minimum Gasteiger partial charge on any atom is -0.493 e. The van der Waals surface area contributed by atoms with Gasteiger partial charge in [0.1, 0.15) is 11.6 Å². The van der Waals surface area contributed by atoms with E-state index in [4.69, 9.17) is 25.8 Å². The Kier molecular flexibility index (Phi) is 6.15. The van der Waals surface area contributed by atoms with Crippen molar-refractivity contribution in [2.75, 3.05) is 20.5 Å². The molecule has 2 aromatic carbocycles. The molecule has 7 nitrogen and oxygen atoms in total. The molecule has 0 fully saturated rings. The van der Waals surface area contributed by atoms with Crippen molar-refractivity contribution in [3.63, 3.8) is 0 Å². The summed E-state index contributed by atoms with van der Waals surface area (Å²) in [5.41, 5.74) is 0.583. The number of nitrogens with zero attached hydrogens (tertiary/aromatic N) is 2. The zero-order chi connectivity index (χ0) is 21.9. The van der Waals surface area contributed by atoms with Crippen LogP contribution in [0.25, 0.3) is 11.3 Å². The van der Waals surface area contributed by atoms with Crippen LogP contribution in [0.15, 0.2) is 53.4 Å². The van der Waals surface area contributed by atoms with Gasteiger partial charge in [0.15, 0.2) is 21.3 Å². The largest absolute Gasteiger partial charge is 0.493 e. The zero-order valence-corrected chi connectivity index (χ0v) is 17.9. The van der Waals surface area contributed by atoms with Crippen LogP contribution < -0.4 is 14.2 Å². The summed E-state index contributed by atoms with van der Waals surface area (Å²) in [7, 11) is -0.762. The van der Waals surface area contributed by atoms with Crippen molar-refractivity contribution in [1.82, 2.24) is 4.98 Å². The van der Waals surface area contributed by atoms with Gasteiger partial charge in [0.25, 0.3) is 0 Å². The second-order valence-electron chi connectivity index (χ2n) is 6.17. The molecule has 1 aromatic heterocycles. The number of ether oxygens (including phenoxy) is 3. The number of hydrogen-bond acceptors (Lipinski definition) is 7. The van der Waals surface area contributed by atoms with E-state index in [1.165, 1.54) is 20.3 Å². The molecule has 0 atom stereocenters. The number of para-hydroxylation sites is 1. The van der Waals surface area contributed by atoms with Gasteiger partial charge in [0, 0.05) is 16.8 Å². The normalized spacial score (nSPS) is 10.9. The van der Waals surface area contributed by atoms with Crippen molar-refractivity contribution in [2.24, 2.45) is 0 Å². The number of pyridine rings is 1. The van der Waals surface area contributed by atoms with E-state index < -0.39 is 9.84 Å². The van der Waals surface area contributed by atoms with E-state index in [1.807, 2.05) is 6.07 Å². The average Bonchev–Trinajstić information content (AvgIpc) is 2.73. The maximum absolute atomic E-state index is 12.4. The van der Waals surface area contributed by atoms with E-state index in [2.05, 4.69) is 4.98 Å². The number of hydrogen-bond donors (Lipinski definition) is 0. The van der Waals surface area contributed by atoms with Gasteiger partial charge in [-0.3, -0.25) is 0 Å². The van der Waals surface area contributed by atoms with E-state index in [-0.39, 0.29) is 27.8 Å². The minimum absolute atomic E-state index is 0.0545. The molecule has 3 aromatic rings. The number of halogens is 1. The van der Waals surface area contributed by atoms with Crippen molar-refractivity contribution in [2.45, 2.75) is 4.90 Å². The Balaban J connectivity index is 2.25. The first-order valence-electron chi connectivity index (χ1n) is 8.58. The molecular formula is C21H17ClN2O5S. The Morgan fingerprint density at radius 2 is 1.63 bits per heavy atom. The van der Waals surface area contributed by atoms with Gasteiger partial charge in [-0.25, -0.2) is 13.4 Å². The fourth-order valence-corrected chi connectivity index (χ4v) is 3.72. The highest BCUT2D eigenvalue weighted by molar-refractivity contribution is 7.90. The molecular weight excluding hydrogens is 428 g/mol. The fraction of sp³-hybridized carbons (Fsp3) is 0.143. The maximum atomic E-state index is 12.4. The number of sulfone groups is 1. The van der Waals surface area contributed by atoms with E-state index in [1.54, 1.807) is 42.5 Å². The molecule has 0 amide bonds. The third kappa shape index (κ3) is 4.32. The zero-order valence-electron chi connectivity index (χ0n) is 16.3. The molecule has 0 aliphatic carbocycles. The van der Waals surface area contributed by atoms with E-state index in [9.17, 15) is 13.7 Å². The van der Waals surface area contributed by atoms with Crippen LogP contribution in [0, 0.1) is 11.3 Å². The SMILES string of the molecule is COc1cccc(OC)c1Oc1nc(-c2ccc(Cl)cc2)c(S(C)(=O)=O)cc1C#N. The molecule has 0 aliphatic heterocycles. The highest BCUT2D eigenvalue weighted by atomic mass is 35.5. The summed E-state index contributed by atoms with van der Waals surface area (Å²) in [5, 5.41) is 10.1. The van der Waals surface area contributed by atoms with Gasteiger partial charge >= 0.3 is 0 Å². The predicted octanol–water partition coefficient (Wildman–Crippen LogP) is 4.49. The second kappa shape index (κ2) is 8.61. The quantitative estimate of drug-likeness (QED) is 0.552. The molecule has 1 heterocycles. The number of methoxy groups -OCH3 is 2. The van der Waals surface area contributed by atoms with E-state index in [0.717, 1.165) is 6.26 Å². The summed E-state index contributed by atoms with van der Waals surface area (Å²) >= 11 is 5.95. The molecule has 0 bridgehead atoms. The van der Waals surface area contributed by atoms with E-state index >= 15 is 0 Å². The number of aromatic nitrogens is 1. The fourth-order valence-electron chi connectivity index (χ4n) is 2.75. The lowest BCUT2D eigenvalue weighted by atomic mass is 10.1. The highest BCUT2D eigenvalue weighted by Crippen LogP contribution is 2.41. The number of nitriles is 1. The van der Waals surface area contributed by atoms with E-state index in [0.29, 0.717) is 22.1 Å². The molecule has 0 saturated heterocycles. The lowest BCUT2D eigenvalue weighted by Gasteiger charge is -2.16. The third-order valence-electron chi connectivity index (χ3n) is 4.17. The van der Waals surface area contributed by atoms with Crippen molar-refractivity contribution >= 4 is 21.4 Å². The van der Waals surface area contributed by atoms with Crippen LogP contribution in [0.3, 0.4) is 0 Å². The van der Waals surface area contributed by atoms with Gasteiger partial charge in [-0.2, -0.15) is 5.26 Å². The van der Waals surface area contributed by atoms with Crippen LogP contribution in [-0.4, -0.2) is 33.9 Å². The van der Waals surface area contributed by atoms with Crippen molar-refractivity contribution in [3.8, 4) is 40.5 Å². The summed E-state index contributed by atoms with van der Waals surface area (Å²) < 4.78 is 41.3. The molecule has 0 aliphatic rings. The molecule has 0 spiro atoms. The molecule has 0 unspecified atom stereocenters. The Bertz CT molecular complexity index is 1210. The molecule has 0 radical (unpaired) electrons. The van der Waals surface area contributed by atoms with Gasteiger partial charge in [0.05, 0.1) is 24.8 Å². The first-order chi connectivity index (χ1) is 14.3. The average molecular weight is 445 g/mol. The number of rotatable bonds is 6. The molecule has 0 saturated carbocycles. The van der Waals surface area contributed by atoms with Crippen LogP contribution >= 0.6 is 11.6 Å². The third-order valence-corrected chi connectivity index (χ3v) is 5.53. The highest BCUT2D eigenvalue weighted by Gasteiger charge is 2.23. The van der Waals surface area contributed by atoms with Crippen LogP contribution in [0.4, 0.5) is 0 Å². The molecule has 3 rings (SSSR count). The van der Waals surface area contributed by atoms with Crippen LogP contribution in [0.2, 0.25) is 5.02 Å². The second-order valence-corrected chi connectivity index (χ2v) is 8.59. The lowest BCUT2D eigenvalue weighted by molar-refractivity contribution is 0.341. The van der Waals surface area contributed by atoms with Gasteiger partial charge < -0.3 is 14.2 Å². The number of benzene rings is 2. The van der Waals surface area contributed by atoms with Crippen molar-refractivity contribution in [1.29, 1.82) is 5.26 Å². The first kappa shape index (κ1) is 21.4. The predicted molar refractivity (Wildman–Crippen MR) is 112 cm³/mol. The summed E-state index contributed by atoms with van der Waals surface area (Å²) in [6.07, 6.45) is 1.05. The first-order valence-corrected chi connectivity index (χ1v) is 10.9. The van der Waals surface area contributed by atoms with Crippen LogP contribution in [0.5, 0.6) is 23.1 Å². The standard InChI is InChI=1S/C21H17ClN2O5S/c1-27-16-5-4-6-17(28-2)20(16)29-21-14(12-23)11-18(30(3,25)26)19(24-21)13-7-9-15(22)10-8-13/h4-11H,1-3H3. The molecule has 9 heteroatoms. The van der Waals surface area contributed by atoms with Crippen molar-refractivity contribution < 1.29 is 22.6 Å². The van der Waals surface area contributed by atoms with Crippen LogP contribution in [0.1, 0.15) is 5.56 Å². The van der Waals surface area contributed by atoms with Crippen LogP contribution in [-0.2, 0) is 9.84 Å². The van der Waals surface area contributed by atoms with Gasteiger partial charge in [-0.1, -0.05) is 29.8 Å². The van der Waals surface area contributed by atoms with Crippen molar-refractivity contribution in [3.05, 3.63) is 59.1 Å². The summed E-state index contributed by atoms with van der Waals surface area (Å²) in [6.45, 7) is 0. The van der Waals surface area contributed by atoms with Gasteiger partial charge in [-0.15, -0.1) is 0 Å². The lowest BCUT2D eigenvalue weighted by Crippen LogP contribution is -2.05. The smallest absolute Gasteiger partial charge is 0.238 e. The monoisotopic (exact) mass is 444 g/mol. The Morgan fingerprint density at radius 3 is 2.13 bits per heavy atom. The molecule has 154 valence electrons. The molecule has 30 heavy (non-hydrogen) atoms.